The van der Waals surface area contributed by atoms with E-state index in [9.17, 15) is 4.79 Å². The predicted octanol–water partition coefficient (Wildman–Crippen LogP) is 2.42. The van der Waals surface area contributed by atoms with Crippen molar-refractivity contribution >= 4 is 11.6 Å². The molecule has 0 saturated carbocycles. The lowest BCUT2D eigenvalue weighted by Gasteiger charge is -2.18. The van der Waals surface area contributed by atoms with Crippen molar-refractivity contribution in [2.45, 2.75) is 25.7 Å². The van der Waals surface area contributed by atoms with Crippen LogP contribution in [-0.4, -0.2) is 35.9 Å². The van der Waals surface area contributed by atoms with E-state index in [4.69, 9.17) is 4.74 Å². The summed E-state index contributed by atoms with van der Waals surface area (Å²) in [6, 6.07) is 6.15. The van der Waals surface area contributed by atoms with Gasteiger partial charge in [-0.05, 0) is 37.0 Å². The molecule has 5 nitrogen and oxygen atoms in total. The van der Waals surface area contributed by atoms with Gasteiger partial charge in [-0.3, -0.25) is 9.89 Å². The average molecular weight is 297 g/mol. The molecule has 0 aliphatic carbocycles. The van der Waals surface area contributed by atoms with Crippen LogP contribution in [0.5, 0.6) is 0 Å². The lowest BCUT2D eigenvalue weighted by atomic mass is 10.0. The Bertz CT molecular complexity index is 716. The van der Waals surface area contributed by atoms with E-state index >= 15 is 0 Å². The van der Waals surface area contributed by atoms with Crippen LogP contribution in [0.4, 0.5) is 5.69 Å². The van der Waals surface area contributed by atoms with Crippen molar-refractivity contribution in [2.24, 2.45) is 0 Å². The summed E-state index contributed by atoms with van der Waals surface area (Å²) in [7, 11) is 0. The second kappa shape index (κ2) is 5.25. The van der Waals surface area contributed by atoms with Crippen LogP contribution >= 0.6 is 0 Å². The van der Waals surface area contributed by atoms with Crippen LogP contribution in [-0.2, 0) is 11.2 Å². The Morgan fingerprint density at radius 2 is 2.36 bits per heavy atom. The first-order valence-corrected chi connectivity index (χ1v) is 7.77. The van der Waals surface area contributed by atoms with Gasteiger partial charge >= 0.3 is 0 Å². The van der Waals surface area contributed by atoms with E-state index in [2.05, 4.69) is 23.2 Å². The van der Waals surface area contributed by atoms with Crippen molar-refractivity contribution in [3.05, 3.63) is 46.8 Å². The summed E-state index contributed by atoms with van der Waals surface area (Å²) in [6.45, 7) is 4.26. The summed E-state index contributed by atoms with van der Waals surface area (Å²) in [5, 5.41) is 7.11. The number of aromatic amines is 1. The molecule has 1 aromatic heterocycles. The van der Waals surface area contributed by atoms with Crippen LogP contribution in [0.25, 0.3) is 0 Å². The number of H-pyrrole nitrogens is 1. The molecule has 1 aromatic carbocycles. The number of ether oxygens (including phenoxy) is 1. The maximum atomic E-state index is 13.0. The smallest absolute Gasteiger partial charge is 0.261 e. The molecule has 2 aliphatic rings. The number of carbonyl (C=O) groups is 1. The van der Waals surface area contributed by atoms with Gasteiger partial charge in [0.25, 0.3) is 5.91 Å². The van der Waals surface area contributed by atoms with Gasteiger partial charge in [-0.15, -0.1) is 0 Å². The molecule has 1 amide bonds. The predicted molar refractivity (Wildman–Crippen MR) is 83.3 cm³/mol. The normalized spacial score (nSPS) is 20.4. The fourth-order valence-corrected chi connectivity index (χ4v) is 3.51. The lowest BCUT2D eigenvalue weighted by Crippen LogP contribution is -2.29. The summed E-state index contributed by atoms with van der Waals surface area (Å²) >= 11 is 0. The molecule has 4 rings (SSSR count). The minimum absolute atomic E-state index is 0.0417. The van der Waals surface area contributed by atoms with E-state index in [-0.39, 0.29) is 11.8 Å². The highest BCUT2D eigenvalue weighted by atomic mass is 16.5. The third-order valence-electron chi connectivity index (χ3n) is 4.74. The number of nitrogens with zero attached hydrogens (tertiary/aromatic N) is 2. The fourth-order valence-electron chi connectivity index (χ4n) is 3.51. The van der Waals surface area contributed by atoms with E-state index in [0.29, 0.717) is 12.2 Å². The number of anilines is 1. The molecule has 2 aromatic rings. The van der Waals surface area contributed by atoms with Gasteiger partial charge in [0.15, 0.2) is 0 Å². The number of aryl methyl sites for hydroxylation is 1. The van der Waals surface area contributed by atoms with Gasteiger partial charge in [0, 0.05) is 24.8 Å². The number of hydrogen-bond acceptors (Lipinski definition) is 3. The molecule has 1 fully saturated rings. The molecule has 0 bridgehead atoms. The molecule has 0 spiro atoms. The second-order valence-electron chi connectivity index (χ2n) is 6.04. The van der Waals surface area contributed by atoms with E-state index in [0.717, 1.165) is 37.4 Å². The van der Waals surface area contributed by atoms with Gasteiger partial charge in [0.1, 0.15) is 0 Å². The van der Waals surface area contributed by atoms with Crippen molar-refractivity contribution in [1.29, 1.82) is 0 Å². The molecule has 22 heavy (non-hydrogen) atoms. The molecule has 3 heterocycles. The van der Waals surface area contributed by atoms with Gasteiger partial charge in [0.2, 0.25) is 0 Å². The van der Waals surface area contributed by atoms with Gasteiger partial charge in [-0.25, -0.2) is 0 Å². The third-order valence-corrected chi connectivity index (χ3v) is 4.74. The van der Waals surface area contributed by atoms with Crippen LogP contribution in [0.15, 0.2) is 24.4 Å². The van der Waals surface area contributed by atoms with Crippen molar-refractivity contribution < 1.29 is 9.53 Å². The number of benzene rings is 1. The Balaban J connectivity index is 1.67. The number of nitrogens with one attached hydrogen (secondary N) is 1. The molecule has 0 radical (unpaired) electrons. The summed E-state index contributed by atoms with van der Waals surface area (Å²) in [5.41, 5.74) is 5.18. The molecule has 5 heteroatoms. The number of aromatic nitrogens is 2. The first kappa shape index (κ1) is 13.5. The highest BCUT2D eigenvalue weighted by molar-refractivity contribution is 6.08. The number of hydrogen-bond donors (Lipinski definition) is 1. The van der Waals surface area contributed by atoms with E-state index in [1.165, 1.54) is 11.1 Å². The minimum atomic E-state index is 0.0417. The van der Waals surface area contributed by atoms with Gasteiger partial charge in [-0.2, -0.15) is 5.10 Å². The average Bonchev–Trinajstić information content (AvgIpc) is 3.26. The van der Waals surface area contributed by atoms with Crippen molar-refractivity contribution in [3.63, 3.8) is 0 Å². The highest BCUT2D eigenvalue weighted by Crippen LogP contribution is 2.33. The van der Waals surface area contributed by atoms with Crippen molar-refractivity contribution in [3.8, 4) is 0 Å². The monoisotopic (exact) mass is 297 g/mol. The van der Waals surface area contributed by atoms with Gasteiger partial charge < -0.3 is 9.64 Å². The Kier molecular flexibility index (Phi) is 3.22. The molecule has 0 unspecified atom stereocenters. The number of carbonyl (C=O) groups excluding carboxylic acids is 1. The Morgan fingerprint density at radius 3 is 3.18 bits per heavy atom. The molecule has 2 aliphatic heterocycles. The van der Waals surface area contributed by atoms with Gasteiger partial charge in [-0.1, -0.05) is 12.1 Å². The first-order valence-electron chi connectivity index (χ1n) is 7.77. The van der Waals surface area contributed by atoms with E-state index in [1.54, 1.807) is 6.20 Å². The van der Waals surface area contributed by atoms with Crippen molar-refractivity contribution in [2.75, 3.05) is 24.7 Å². The fraction of sp³-hybridized carbons (Fsp3) is 0.412. The molecular formula is C17H19N3O2. The summed E-state index contributed by atoms with van der Waals surface area (Å²) in [6.07, 6.45) is 3.52. The molecular weight excluding hydrogens is 278 g/mol. The number of fused-ring (bicyclic) bond motifs is 1. The van der Waals surface area contributed by atoms with Crippen LogP contribution in [0.2, 0.25) is 0 Å². The van der Waals surface area contributed by atoms with Crippen LogP contribution < -0.4 is 4.90 Å². The molecule has 1 saturated heterocycles. The molecule has 114 valence electrons. The standard InChI is InChI=1S/C17H19N3O2/c1-11-3-2-4-15-13(11)5-7-20(15)17(21)14-9-18-19-16(14)12-6-8-22-10-12/h2-4,9,12H,5-8,10H2,1H3,(H,18,19)/t12-/m0/s1. The second-order valence-corrected chi connectivity index (χ2v) is 6.04. The van der Waals surface area contributed by atoms with Crippen LogP contribution in [0.1, 0.15) is 39.5 Å². The maximum Gasteiger partial charge on any atom is 0.261 e. The lowest BCUT2D eigenvalue weighted by molar-refractivity contribution is 0.0988. The maximum absolute atomic E-state index is 13.0. The van der Waals surface area contributed by atoms with Crippen molar-refractivity contribution in [1.82, 2.24) is 10.2 Å². The third kappa shape index (κ3) is 2.04. The topological polar surface area (TPSA) is 58.2 Å². The largest absolute Gasteiger partial charge is 0.381 e. The Morgan fingerprint density at radius 1 is 1.45 bits per heavy atom. The molecule has 1 N–H and O–H groups in total. The Hall–Kier alpha value is -2.14. The Labute approximate surface area is 129 Å². The SMILES string of the molecule is Cc1cccc2c1CCN2C(=O)c1cn[nH]c1[C@H]1CCOC1. The minimum Gasteiger partial charge on any atom is -0.381 e. The number of rotatable bonds is 2. The zero-order valence-corrected chi connectivity index (χ0v) is 12.6. The first-order chi connectivity index (χ1) is 10.8. The quantitative estimate of drug-likeness (QED) is 0.926. The van der Waals surface area contributed by atoms with Crippen LogP contribution in [0, 0.1) is 6.92 Å². The highest BCUT2D eigenvalue weighted by Gasteiger charge is 2.31. The summed E-state index contributed by atoms with van der Waals surface area (Å²) < 4.78 is 5.44. The van der Waals surface area contributed by atoms with Gasteiger partial charge in [0.05, 0.1) is 24.1 Å². The zero-order chi connectivity index (χ0) is 15.1. The van der Waals surface area contributed by atoms with E-state index in [1.807, 2.05) is 17.0 Å². The number of amides is 1. The molecule has 1 atom stereocenters. The summed E-state index contributed by atoms with van der Waals surface area (Å²) in [4.78, 5) is 14.9. The zero-order valence-electron chi connectivity index (χ0n) is 12.6. The van der Waals surface area contributed by atoms with Crippen LogP contribution in [0.3, 0.4) is 0 Å². The van der Waals surface area contributed by atoms with E-state index < -0.39 is 0 Å². The summed E-state index contributed by atoms with van der Waals surface area (Å²) in [5.74, 6) is 0.293.